The summed E-state index contributed by atoms with van der Waals surface area (Å²) in [4.78, 5) is 13.5. The van der Waals surface area contributed by atoms with Gasteiger partial charge in [-0.25, -0.2) is 0 Å². The summed E-state index contributed by atoms with van der Waals surface area (Å²) in [5.41, 5.74) is -0.681. The zero-order valence-corrected chi connectivity index (χ0v) is 11.1. The number of carbonyl (C=O) groups is 1. The average molecular weight is 306 g/mol. The first kappa shape index (κ1) is 14.2. The number of carbonyl (C=O) groups excluding carboxylic acids is 1. The quantitative estimate of drug-likeness (QED) is 0.853. The first-order valence-electron chi connectivity index (χ1n) is 6.36. The van der Waals surface area contributed by atoms with Crippen LogP contribution in [0.2, 0.25) is 0 Å². The second kappa shape index (κ2) is 4.91. The smallest absolute Gasteiger partial charge is 0.416 e. The molecule has 0 saturated carbocycles. The summed E-state index contributed by atoms with van der Waals surface area (Å²) in [5, 5.41) is 9.27. The van der Waals surface area contributed by atoms with Crippen molar-refractivity contribution in [3.8, 4) is 6.07 Å². The Kier molecular flexibility index (Phi) is 3.17. The van der Waals surface area contributed by atoms with Crippen molar-refractivity contribution in [2.45, 2.75) is 18.8 Å². The summed E-state index contributed by atoms with van der Waals surface area (Å²) in [6, 6.07) is 6.92. The number of fused-ring (bicyclic) bond motifs is 1. The van der Waals surface area contributed by atoms with Gasteiger partial charge in [-0.1, -0.05) is 0 Å². The molecule has 4 nitrogen and oxygen atoms in total. The Balaban J connectivity index is 2.01. The van der Waals surface area contributed by atoms with Crippen molar-refractivity contribution >= 4 is 5.91 Å². The lowest BCUT2D eigenvalue weighted by Crippen LogP contribution is -2.26. The molecule has 1 aromatic heterocycles. The van der Waals surface area contributed by atoms with Gasteiger partial charge < -0.3 is 9.32 Å². The van der Waals surface area contributed by atoms with Crippen LogP contribution in [0, 0.1) is 11.3 Å². The zero-order chi connectivity index (χ0) is 15.9. The lowest BCUT2D eigenvalue weighted by molar-refractivity contribution is -0.137. The molecule has 1 amide bonds. The molecule has 2 heterocycles. The summed E-state index contributed by atoms with van der Waals surface area (Å²) < 4.78 is 43.5. The number of halogens is 3. The third kappa shape index (κ3) is 2.22. The number of rotatable bonds is 2. The molecule has 1 aliphatic heterocycles. The van der Waals surface area contributed by atoms with Crippen molar-refractivity contribution < 1.29 is 22.4 Å². The fraction of sp³-hybridized carbons (Fsp3) is 0.200. The highest BCUT2D eigenvalue weighted by atomic mass is 19.4. The Morgan fingerprint density at radius 1 is 1.32 bits per heavy atom. The van der Waals surface area contributed by atoms with Crippen molar-refractivity contribution in [2.75, 3.05) is 0 Å². The number of nitriles is 1. The van der Waals surface area contributed by atoms with Crippen LogP contribution in [-0.4, -0.2) is 10.8 Å². The van der Waals surface area contributed by atoms with Gasteiger partial charge >= 0.3 is 6.18 Å². The highest BCUT2D eigenvalue weighted by molar-refractivity contribution is 5.99. The molecular weight excluding hydrogens is 297 g/mol. The molecule has 1 aliphatic rings. The van der Waals surface area contributed by atoms with Gasteiger partial charge in [0, 0.05) is 11.1 Å². The van der Waals surface area contributed by atoms with Crippen molar-refractivity contribution in [1.82, 2.24) is 4.90 Å². The van der Waals surface area contributed by atoms with E-state index in [0.717, 1.165) is 18.2 Å². The molecule has 0 radical (unpaired) electrons. The highest BCUT2D eigenvalue weighted by Crippen LogP contribution is 2.38. The van der Waals surface area contributed by atoms with E-state index < -0.39 is 23.7 Å². The van der Waals surface area contributed by atoms with Gasteiger partial charge in [-0.15, -0.1) is 0 Å². The first-order valence-corrected chi connectivity index (χ1v) is 6.36. The second-order valence-electron chi connectivity index (χ2n) is 4.84. The molecule has 0 saturated heterocycles. The van der Waals surface area contributed by atoms with Crippen LogP contribution in [0.5, 0.6) is 0 Å². The van der Waals surface area contributed by atoms with E-state index in [9.17, 15) is 23.2 Å². The largest absolute Gasteiger partial charge is 0.467 e. The number of alkyl halides is 3. The van der Waals surface area contributed by atoms with E-state index in [4.69, 9.17) is 4.42 Å². The molecule has 3 rings (SSSR count). The number of nitrogens with zero attached hydrogens (tertiary/aromatic N) is 2. The topological polar surface area (TPSA) is 57.2 Å². The Labute approximate surface area is 123 Å². The average Bonchev–Trinajstić information content (AvgIpc) is 3.06. The molecule has 7 heteroatoms. The molecule has 1 atom stereocenters. The summed E-state index contributed by atoms with van der Waals surface area (Å²) in [6.45, 7) is 0.0279. The third-order valence-corrected chi connectivity index (χ3v) is 3.50. The van der Waals surface area contributed by atoms with Crippen LogP contribution in [0.4, 0.5) is 13.2 Å². The minimum atomic E-state index is -4.52. The number of hydrogen-bond donors (Lipinski definition) is 0. The number of hydrogen-bond acceptors (Lipinski definition) is 3. The number of furan rings is 1. The van der Waals surface area contributed by atoms with E-state index in [1.807, 2.05) is 6.07 Å². The van der Waals surface area contributed by atoms with Crippen molar-refractivity contribution in [2.24, 2.45) is 0 Å². The van der Waals surface area contributed by atoms with Crippen molar-refractivity contribution in [3.63, 3.8) is 0 Å². The predicted octanol–water partition coefficient (Wildman–Crippen LogP) is 3.52. The Morgan fingerprint density at radius 2 is 2.09 bits per heavy atom. The molecule has 0 bridgehead atoms. The van der Waals surface area contributed by atoms with Gasteiger partial charge in [0.25, 0.3) is 5.91 Å². The van der Waals surface area contributed by atoms with Crippen LogP contribution in [-0.2, 0) is 12.7 Å². The summed E-state index contributed by atoms with van der Waals surface area (Å²) >= 11 is 0. The first-order chi connectivity index (χ1) is 10.4. The molecule has 2 aromatic rings. The lowest BCUT2D eigenvalue weighted by atomic mass is 10.0. The lowest BCUT2D eigenvalue weighted by Gasteiger charge is -2.18. The van der Waals surface area contributed by atoms with E-state index in [0.29, 0.717) is 5.76 Å². The van der Waals surface area contributed by atoms with Crippen molar-refractivity contribution in [1.29, 1.82) is 5.26 Å². The monoisotopic (exact) mass is 306 g/mol. The van der Waals surface area contributed by atoms with Gasteiger partial charge in [0.15, 0.2) is 0 Å². The zero-order valence-electron chi connectivity index (χ0n) is 11.1. The minimum absolute atomic E-state index is 0.0279. The van der Waals surface area contributed by atoms with E-state index >= 15 is 0 Å². The maximum absolute atomic E-state index is 12.8. The normalized spacial score (nSPS) is 17.5. The molecule has 22 heavy (non-hydrogen) atoms. The molecular formula is C15H9F3N2O2. The SMILES string of the molecule is N#CC1c2cc(C(F)(F)F)ccc2C(=O)N1Cc1ccco1. The summed E-state index contributed by atoms with van der Waals surface area (Å²) in [7, 11) is 0. The van der Waals surface area contributed by atoms with Crippen LogP contribution in [0.25, 0.3) is 0 Å². The van der Waals surface area contributed by atoms with Crippen LogP contribution < -0.4 is 0 Å². The molecule has 0 fully saturated rings. The fourth-order valence-corrected chi connectivity index (χ4v) is 2.47. The number of amides is 1. The van der Waals surface area contributed by atoms with Gasteiger partial charge in [-0.05, 0) is 30.3 Å². The molecule has 112 valence electrons. The summed E-state index contributed by atoms with van der Waals surface area (Å²) in [6.07, 6.45) is -3.10. The summed E-state index contributed by atoms with van der Waals surface area (Å²) in [5.74, 6) is -0.0240. The second-order valence-corrected chi connectivity index (χ2v) is 4.84. The van der Waals surface area contributed by atoms with Crippen LogP contribution in [0.3, 0.4) is 0 Å². The van der Waals surface area contributed by atoms with Crippen molar-refractivity contribution in [3.05, 3.63) is 59.0 Å². The van der Waals surface area contributed by atoms with Gasteiger partial charge in [-0.2, -0.15) is 18.4 Å². The maximum Gasteiger partial charge on any atom is 0.416 e. The van der Waals surface area contributed by atoms with E-state index in [1.54, 1.807) is 12.1 Å². The fourth-order valence-electron chi connectivity index (χ4n) is 2.47. The molecule has 0 spiro atoms. The van der Waals surface area contributed by atoms with Gasteiger partial charge in [0.1, 0.15) is 11.8 Å². The van der Waals surface area contributed by atoms with E-state index in [2.05, 4.69) is 0 Å². The van der Waals surface area contributed by atoms with Crippen LogP contribution in [0.15, 0.2) is 41.0 Å². The van der Waals surface area contributed by atoms with Crippen LogP contribution in [0.1, 0.15) is 33.3 Å². The van der Waals surface area contributed by atoms with Gasteiger partial charge in [-0.3, -0.25) is 4.79 Å². The van der Waals surface area contributed by atoms with Gasteiger partial charge in [0.2, 0.25) is 0 Å². The number of benzene rings is 1. The predicted molar refractivity (Wildman–Crippen MR) is 68.4 cm³/mol. The molecule has 1 aromatic carbocycles. The van der Waals surface area contributed by atoms with E-state index in [-0.39, 0.29) is 17.7 Å². The standard InChI is InChI=1S/C15H9F3N2O2/c16-15(17,18)9-3-4-11-12(6-9)13(7-19)20(14(11)21)8-10-2-1-5-22-10/h1-6,13H,8H2. The minimum Gasteiger partial charge on any atom is -0.467 e. The Hall–Kier alpha value is -2.75. The van der Waals surface area contributed by atoms with Crippen LogP contribution >= 0.6 is 0 Å². The molecule has 0 aliphatic carbocycles. The highest BCUT2D eigenvalue weighted by Gasteiger charge is 2.40. The molecule has 0 N–H and O–H groups in total. The maximum atomic E-state index is 12.8. The van der Waals surface area contributed by atoms with Gasteiger partial charge in [0.05, 0.1) is 24.4 Å². The van der Waals surface area contributed by atoms with E-state index in [1.165, 1.54) is 11.2 Å². The Bertz CT molecular complexity index is 760. The molecule has 1 unspecified atom stereocenters. The Morgan fingerprint density at radius 3 is 2.68 bits per heavy atom. The third-order valence-electron chi connectivity index (χ3n) is 3.50.